The average molecular weight is 241 g/mol. The number of hydrogen-bond donors (Lipinski definition) is 0. The first-order valence-electron chi connectivity index (χ1n) is 3.57. The number of alkyl halides is 1. The summed E-state index contributed by atoms with van der Waals surface area (Å²) >= 11 is 3.12. The van der Waals surface area contributed by atoms with Crippen LogP contribution in [0.5, 0.6) is 0 Å². The van der Waals surface area contributed by atoms with Crippen LogP contribution >= 0.6 is 15.9 Å². The van der Waals surface area contributed by atoms with Crippen LogP contribution in [0.4, 0.5) is 0 Å². The molecule has 0 saturated heterocycles. The molecule has 66 valence electrons. The molecule has 0 aromatic heterocycles. The Hall–Kier alpha value is 0.170. The van der Waals surface area contributed by atoms with Gasteiger partial charge in [0.2, 0.25) is 0 Å². The van der Waals surface area contributed by atoms with E-state index in [2.05, 4.69) is 15.9 Å². The van der Waals surface area contributed by atoms with Crippen LogP contribution in [0, 0.1) is 0 Å². The van der Waals surface area contributed by atoms with Crippen molar-refractivity contribution in [3.05, 3.63) is 11.5 Å². The van der Waals surface area contributed by atoms with Crippen LogP contribution in [-0.2, 0) is 9.84 Å². The highest BCUT2D eigenvalue weighted by Crippen LogP contribution is 1.99. The highest BCUT2D eigenvalue weighted by molar-refractivity contribution is 9.09. The third kappa shape index (κ3) is 6.56. The van der Waals surface area contributed by atoms with E-state index in [9.17, 15) is 8.42 Å². The molecule has 4 heteroatoms. The molecule has 0 atom stereocenters. The summed E-state index contributed by atoms with van der Waals surface area (Å²) in [6.45, 7) is 1.98. The van der Waals surface area contributed by atoms with E-state index >= 15 is 0 Å². The van der Waals surface area contributed by atoms with Crippen LogP contribution in [0.3, 0.4) is 0 Å². The summed E-state index contributed by atoms with van der Waals surface area (Å²) in [6.07, 6.45) is 3.27. The monoisotopic (exact) mass is 240 g/mol. The van der Waals surface area contributed by atoms with Crippen molar-refractivity contribution in [2.24, 2.45) is 0 Å². The van der Waals surface area contributed by atoms with Gasteiger partial charge in [-0.25, -0.2) is 8.42 Å². The van der Waals surface area contributed by atoms with Gasteiger partial charge >= 0.3 is 0 Å². The van der Waals surface area contributed by atoms with Crippen LogP contribution in [-0.4, -0.2) is 19.5 Å². The van der Waals surface area contributed by atoms with E-state index in [-0.39, 0.29) is 5.75 Å². The molecule has 0 N–H and O–H groups in total. The Bertz CT molecular complexity index is 206. The largest absolute Gasteiger partial charge is 0.224 e. The molecule has 0 spiro atoms. The summed E-state index contributed by atoms with van der Waals surface area (Å²) in [7, 11) is -2.92. The number of allylic oxidation sites excluding steroid dienone is 1. The number of rotatable bonds is 5. The molecule has 0 aliphatic heterocycles. The molecule has 0 amide bonds. The summed E-state index contributed by atoms with van der Waals surface area (Å²) in [5.74, 6) is 0.271. The van der Waals surface area contributed by atoms with Crippen molar-refractivity contribution >= 4 is 25.8 Å². The second kappa shape index (κ2) is 5.77. The Kier molecular flexibility index (Phi) is 5.86. The molecule has 0 aromatic carbocycles. The smallest absolute Gasteiger partial charge is 0.171 e. The molecule has 0 unspecified atom stereocenters. The van der Waals surface area contributed by atoms with Gasteiger partial charge in [-0.15, -0.1) is 0 Å². The van der Waals surface area contributed by atoms with Gasteiger partial charge in [-0.05, 0) is 6.42 Å². The molecule has 0 radical (unpaired) electrons. The fraction of sp³-hybridized carbons (Fsp3) is 0.714. The topological polar surface area (TPSA) is 34.1 Å². The van der Waals surface area contributed by atoms with Crippen molar-refractivity contribution in [2.45, 2.75) is 19.8 Å². The minimum absolute atomic E-state index is 0.271. The molecule has 2 nitrogen and oxygen atoms in total. The highest BCUT2D eigenvalue weighted by Gasteiger charge is 2.02. The standard InChI is InChI=1S/C7H13BrO2S/c1-2-3-6-11(9,10)7-4-5-8/h4,7H,2-3,5-6H2,1H3. The molecule has 0 aliphatic carbocycles. The lowest BCUT2D eigenvalue weighted by Gasteiger charge is -1.94. The Morgan fingerprint density at radius 3 is 2.55 bits per heavy atom. The summed E-state index contributed by atoms with van der Waals surface area (Å²) < 4.78 is 22.1. The molecular weight excluding hydrogens is 228 g/mol. The fourth-order valence-electron chi connectivity index (χ4n) is 0.597. The zero-order valence-corrected chi connectivity index (χ0v) is 8.99. The molecule has 0 rings (SSSR count). The first-order chi connectivity index (χ1) is 5.12. The van der Waals surface area contributed by atoms with E-state index in [4.69, 9.17) is 0 Å². The van der Waals surface area contributed by atoms with E-state index in [1.54, 1.807) is 6.08 Å². The molecule has 0 fully saturated rings. The van der Waals surface area contributed by atoms with Gasteiger partial charge in [0.15, 0.2) is 9.84 Å². The first-order valence-corrected chi connectivity index (χ1v) is 6.41. The minimum Gasteiger partial charge on any atom is -0.224 e. The number of unbranched alkanes of at least 4 members (excludes halogenated alkanes) is 1. The molecule has 0 bridgehead atoms. The number of hydrogen-bond acceptors (Lipinski definition) is 2. The van der Waals surface area contributed by atoms with Gasteiger partial charge in [0.05, 0.1) is 5.75 Å². The van der Waals surface area contributed by atoms with E-state index in [1.165, 1.54) is 5.41 Å². The van der Waals surface area contributed by atoms with E-state index in [0.717, 1.165) is 12.8 Å². The van der Waals surface area contributed by atoms with Crippen molar-refractivity contribution in [2.75, 3.05) is 11.1 Å². The third-order valence-electron chi connectivity index (χ3n) is 1.18. The highest BCUT2D eigenvalue weighted by atomic mass is 79.9. The van der Waals surface area contributed by atoms with Gasteiger partial charge < -0.3 is 0 Å². The molecule has 0 aromatic rings. The first kappa shape index (κ1) is 11.2. The lowest BCUT2D eigenvalue weighted by molar-refractivity contribution is 0.601. The fourth-order valence-corrected chi connectivity index (χ4v) is 2.25. The van der Waals surface area contributed by atoms with Crippen LogP contribution < -0.4 is 0 Å². The third-order valence-corrected chi connectivity index (χ3v) is 3.01. The second-order valence-corrected chi connectivity index (χ2v) is 4.90. The maximum atomic E-state index is 11.0. The molecule has 0 saturated carbocycles. The van der Waals surface area contributed by atoms with Gasteiger partial charge in [-0.3, -0.25) is 0 Å². The van der Waals surface area contributed by atoms with Crippen molar-refractivity contribution < 1.29 is 8.42 Å². The Labute approximate surface area is 76.7 Å². The van der Waals surface area contributed by atoms with Crippen LogP contribution in [0.1, 0.15) is 19.8 Å². The van der Waals surface area contributed by atoms with Gasteiger partial charge in [-0.2, -0.15) is 0 Å². The second-order valence-electron chi connectivity index (χ2n) is 2.25. The quantitative estimate of drug-likeness (QED) is 0.691. The minimum atomic E-state index is -2.92. The van der Waals surface area contributed by atoms with Gasteiger partial charge in [0.1, 0.15) is 0 Å². The maximum Gasteiger partial charge on any atom is 0.171 e. The van der Waals surface area contributed by atoms with Crippen molar-refractivity contribution in [3.8, 4) is 0 Å². The summed E-state index contributed by atoms with van der Waals surface area (Å²) in [5.41, 5.74) is 0. The Balaban J connectivity index is 3.92. The van der Waals surface area contributed by atoms with Gasteiger partial charge in [-0.1, -0.05) is 35.4 Å². The lowest BCUT2D eigenvalue weighted by Crippen LogP contribution is -2.01. The average Bonchev–Trinajstić information content (AvgIpc) is 1.97. The summed E-state index contributed by atoms with van der Waals surface area (Å²) in [5, 5.41) is 1.87. The Morgan fingerprint density at radius 2 is 2.09 bits per heavy atom. The summed E-state index contributed by atoms with van der Waals surface area (Å²) in [6, 6.07) is 0. The van der Waals surface area contributed by atoms with Crippen molar-refractivity contribution in [3.63, 3.8) is 0 Å². The predicted octanol–water partition coefficient (Wildman–Crippen LogP) is 2.11. The SMILES string of the molecule is CCCCS(=O)(=O)C=CCBr. The zero-order valence-electron chi connectivity index (χ0n) is 6.59. The molecule has 0 aliphatic rings. The van der Waals surface area contributed by atoms with E-state index in [0.29, 0.717) is 5.33 Å². The zero-order chi connectivity index (χ0) is 8.74. The van der Waals surface area contributed by atoms with Crippen molar-refractivity contribution in [1.29, 1.82) is 0 Å². The van der Waals surface area contributed by atoms with Crippen LogP contribution in [0.15, 0.2) is 11.5 Å². The van der Waals surface area contributed by atoms with Gasteiger partial charge in [0, 0.05) is 10.7 Å². The molecule has 0 heterocycles. The molecule has 11 heavy (non-hydrogen) atoms. The van der Waals surface area contributed by atoms with Crippen LogP contribution in [0.25, 0.3) is 0 Å². The number of halogens is 1. The van der Waals surface area contributed by atoms with Gasteiger partial charge in [0.25, 0.3) is 0 Å². The van der Waals surface area contributed by atoms with E-state index in [1.807, 2.05) is 6.92 Å². The lowest BCUT2D eigenvalue weighted by atomic mass is 10.4. The van der Waals surface area contributed by atoms with E-state index < -0.39 is 9.84 Å². The van der Waals surface area contributed by atoms with Crippen molar-refractivity contribution in [1.82, 2.24) is 0 Å². The van der Waals surface area contributed by atoms with Crippen LogP contribution in [0.2, 0.25) is 0 Å². The Morgan fingerprint density at radius 1 is 1.45 bits per heavy atom. The normalized spacial score (nSPS) is 12.5. The summed E-state index contributed by atoms with van der Waals surface area (Å²) in [4.78, 5) is 0. The number of sulfone groups is 1. The molecular formula is C7H13BrO2S. The predicted molar refractivity (Wildman–Crippen MR) is 51.6 cm³/mol. The maximum absolute atomic E-state index is 11.0.